The summed E-state index contributed by atoms with van der Waals surface area (Å²) in [5.74, 6) is -0.287. The zero-order chi connectivity index (χ0) is 13.7. The molecule has 0 spiro atoms. The van der Waals surface area contributed by atoms with Gasteiger partial charge in [-0.25, -0.2) is 8.78 Å². The Morgan fingerprint density at radius 2 is 1.58 bits per heavy atom. The van der Waals surface area contributed by atoms with Gasteiger partial charge < -0.3 is 5.73 Å². The smallest absolute Gasteiger partial charge is 0.126 e. The highest BCUT2D eigenvalue weighted by Gasteiger charge is 2.11. The fraction of sp³-hybridized carbons (Fsp3) is 0.250. The van der Waals surface area contributed by atoms with Crippen LogP contribution in [0.3, 0.4) is 0 Å². The van der Waals surface area contributed by atoms with E-state index in [4.69, 9.17) is 5.73 Å². The van der Waals surface area contributed by atoms with Crippen LogP contribution in [0.1, 0.15) is 11.1 Å². The molecule has 2 aromatic carbocycles. The first kappa shape index (κ1) is 13.7. The minimum Gasteiger partial charge on any atom is -0.330 e. The largest absolute Gasteiger partial charge is 0.330 e. The van der Waals surface area contributed by atoms with E-state index in [1.54, 1.807) is 24.3 Å². The van der Waals surface area contributed by atoms with Crippen molar-refractivity contribution in [2.24, 2.45) is 11.7 Å². The summed E-state index contributed by atoms with van der Waals surface area (Å²) in [7, 11) is 0. The van der Waals surface area contributed by atoms with Crippen LogP contribution in [0.15, 0.2) is 48.5 Å². The van der Waals surface area contributed by atoms with Crippen molar-refractivity contribution in [3.8, 4) is 0 Å². The Labute approximate surface area is 112 Å². The summed E-state index contributed by atoms with van der Waals surface area (Å²) in [4.78, 5) is 0. The lowest BCUT2D eigenvalue weighted by Gasteiger charge is -2.15. The molecule has 0 fully saturated rings. The summed E-state index contributed by atoms with van der Waals surface area (Å²) in [5.41, 5.74) is 7.45. The van der Waals surface area contributed by atoms with Crippen LogP contribution in [0.4, 0.5) is 8.78 Å². The predicted octanol–water partition coefficient (Wildman–Crippen LogP) is 3.32. The first-order chi connectivity index (χ1) is 9.19. The van der Waals surface area contributed by atoms with E-state index in [1.165, 1.54) is 18.2 Å². The van der Waals surface area contributed by atoms with Crippen LogP contribution in [-0.4, -0.2) is 6.54 Å². The van der Waals surface area contributed by atoms with E-state index in [9.17, 15) is 8.78 Å². The van der Waals surface area contributed by atoms with E-state index in [0.29, 0.717) is 18.5 Å². The maximum Gasteiger partial charge on any atom is 0.126 e. The summed E-state index contributed by atoms with van der Waals surface area (Å²) in [5, 5.41) is 0. The first-order valence-electron chi connectivity index (χ1n) is 6.37. The second-order valence-corrected chi connectivity index (χ2v) is 4.73. The van der Waals surface area contributed by atoms with Crippen LogP contribution in [0.25, 0.3) is 0 Å². The normalized spacial score (nSPS) is 12.4. The molecule has 0 aromatic heterocycles. The zero-order valence-corrected chi connectivity index (χ0v) is 10.7. The van der Waals surface area contributed by atoms with Crippen molar-refractivity contribution in [1.82, 2.24) is 0 Å². The number of hydrogen-bond donors (Lipinski definition) is 1. The van der Waals surface area contributed by atoms with Gasteiger partial charge in [0.2, 0.25) is 0 Å². The van der Waals surface area contributed by atoms with Crippen molar-refractivity contribution in [3.05, 3.63) is 71.3 Å². The van der Waals surface area contributed by atoms with E-state index >= 15 is 0 Å². The van der Waals surface area contributed by atoms with Gasteiger partial charge in [0, 0.05) is 0 Å². The molecule has 100 valence electrons. The molecule has 1 unspecified atom stereocenters. The highest BCUT2D eigenvalue weighted by Crippen LogP contribution is 2.16. The maximum absolute atomic E-state index is 13.6. The van der Waals surface area contributed by atoms with Gasteiger partial charge in [-0.05, 0) is 54.6 Å². The summed E-state index contributed by atoms with van der Waals surface area (Å²) >= 11 is 0. The Morgan fingerprint density at radius 3 is 2.21 bits per heavy atom. The van der Waals surface area contributed by atoms with Gasteiger partial charge in [0.05, 0.1) is 0 Å². The average Bonchev–Trinajstić information content (AvgIpc) is 2.43. The standard InChI is InChI=1S/C16H17F2N/c17-15-7-5-12(6-8-15)9-13(11-19)10-14-3-1-2-4-16(14)18/h1-8,13H,9-11,19H2. The lowest BCUT2D eigenvalue weighted by Crippen LogP contribution is -2.19. The molecule has 19 heavy (non-hydrogen) atoms. The van der Waals surface area contributed by atoms with Gasteiger partial charge in [0.25, 0.3) is 0 Å². The van der Waals surface area contributed by atoms with Gasteiger partial charge in [-0.1, -0.05) is 30.3 Å². The fourth-order valence-corrected chi connectivity index (χ4v) is 2.17. The second-order valence-electron chi connectivity index (χ2n) is 4.73. The van der Waals surface area contributed by atoms with Crippen LogP contribution < -0.4 is 5.73 Å². The van der Waals surface area contributed by atoms with Crippen LogP contribution in [-0.2, 0) is 12.8 Å². The lowest BCUT2D eigenvalue weighted by atomic mass is 9.92. The highest BCUT2D eigenvalue weighted by atomic mass is 19.1. The molecule has 0 aliphatic rings. The topological polar surface area (TPSA) is 26.0 Å². The Hall–Kier alpha value is -1.74. The van der Waals surface area contributed by atoms with E-state index < -0.39 is 0 Å². The molecule has 0 radical (unpaired) electrons. The monoisotopic (exact) mass is 261 g/mol. The van der Waals surface area contributed by atoms with Crippen molar-refractivity contribution in [2.45, 2.75) is 12.8 Å². The predicted molar refractivity (Wildman–Crippen MR) is 72.8 cm³/mol. The molecule has 3 heteroatoms. The van der Waals surface area contributed by atoms with Crippen molar-refractivity contribution < 1.29 is 8.78 Å². The third-order valence-electron chi connectivity index (χ3n) is 3.24. The molecule has 0 bridgehead atoms. The number of rotatable bonds is 5. The first-order valence-corrected chi connectivity index (χ1v) is 6.37. The molecule has 2 N–H and O–H groups in total. The van der Waals surface area contributed by atoms with Crippen LogP contribution in [0.5, 0.6) is 0 Å². The Kier molecular flexibility index (Phi) is 4.63. The minimum atomic E-state index is -0.248. The molecule has 2 aromatic rings. The zero-order valence-electron chi connectivity index (χ0n) is 10.7. The van der Waals surface area contributed by atoms with Crippen LogP contribution in [0.2, 0.25) is 0 Å². The van der Waals surface area contributed by atoms with E-state index in [1.807, 2.05) is 6.07 Å². The van der Waals surface area contributed by atoms with Gasteiger partial charge in [0.1, 0.15) is 11.6 Å². The second kappa shape index (κ2) is 6.43. The average molecular weight is 261 g/mol. The molecular formula is C16H17F2N. The molecular weight excluding hydrogens is 244 g/mol. The fourth-order valence-electron chi connectivity index (χ4n) is 2.17. The SMILES string of the molecule is NCC(Cc1ccc(F)cc1)Cc1ccccc1F. The minimum absolute atomic E-state index is 0.155. The summed E-state index contributed by atoms with van der Waals surface area (Å²) in [6.07, 6.45) is 1.33. The van der Waals surface area contributed by atoms with Crippen molar-refractivity contribution >= 4 is 0 Å². The van der Waals surface area contributed by atoms with Gasteiger partial charge in [-0.3, -0.25) is 0 Å². The molecule has 1 nitrogen and oxygen atoms in total. The molecule has 0 amide bonds. The number of nitrogens with two attached hydrogens (primary N) is 1. The van der Waals surface area contributed by atoms with Gasteiger partial charge in [-0.15, -0.1) is 0 Å². The third kappa shape index (κ3) is 3.86. The molecule has 0 saturated carbocycles. The molecule has 1 atom stereocenters. The number of benzene rings is 2. The molecule has 0 aliphatic carbocycles. The molecule has 2 rings (SSSR count). The Bertz CT molecular complexity index is 523. The van der Waals surface area contributed by atoms with Crippen molar-refractivity contribution in [3.63, 3.8) is 0 Å². The van der Waals surface area contributed by atoms with Gasteiger partial charge >= 0.3 is 0 Å². The maximum atomic E-state index is 13.6. The van der Waals surface area contributed by atoms with Crippen molar-refractivity contribution in [1.29, 1.82) is 0 Å². The summed E-state index contributed by atoms with van der Waals surface area (Å²) in [6, 6.07) is 13.1. The highest BCUT2D eigenvalue weighted by molar-refractivity contribution is 5.20. The van der Waals surface area contributed by atoms with Crippen molar-refractivity contribution in [2.75, 3.05) is 6.54 Å². The van der Waals surface area contributed by atoms with E-state index in [2.05, 4.69) is 0 Å². The van der Waals surface area contributed by atoms with Gasteiger partial charge in [0.15, 0.2) is 0 Å². The van der Waals surface area contributed by atoms with E-state index in [-0.39, 0.29) is 17.6 Å². The number of hydrogen-bond acceptors (Lipinski definition) is 1. The third-order valence-corrected chi connectivity index (χ3v) is 3.24. The number of halogens is 2. The summed E-state index contributed by atoms with van der Waals surface area (Å²) in [6.45, 7) is 0.478. The van der Waals surface area contributed by atoms with Crippen LogP contribution >= 0.6 is 0 Å². The Morgan fingerprint density at radius 1 is 0.895 bits per heavy atom. The van der Waals surface area contributed by atoms with Crippen LogP contribution in [0, 0.1) is 17.6 Å². The summed E-state index contributed by atoms with van der Waals surface area (Å²) < 4.78 is 26.4. The van der Waals surface area contributed by atoms with Gasteiger partial charge in [-0.2, -0.15) is 0 Å². The lowest BCUT2D eigenvalue weighted by molar-refractivity contribution is 0.511. The molecule has 0 saturated heterocycles. The van der Waals surface area contributed by atoms with E-state index in [0.717, 1.165) is 12.0 Å². The quantitative estimate of drug-likeness (QED) is 0.877. The Balaban J connectivity index is 2.05. The molecule has 0 aliphatic heterocycles. The molecule has 0 heterocycles.